The molecule has 0 radical (unpaired) electrons. The number of carbonyl (C=O) groups is 2. The van der Waals surface area contributed by atoms with Crippen molar-refractivity contribution in [1.29, 1.82) is 0 Å². The summed E-state index contributed by atoms with van der Waals surface area (Å²) in [5, 5.41) is 18.3. The standard InChI is InChI=1S/C9H8O4/c10-7-5-3-1-2-4-6(5)8(11)9(7,12)13/h1-3,6,12-13H,4H2. The fourth-order valence-electron chi connectivity index (χ4n) is 1.67. The number of allylic oxidation sites excluding steroid dienone is 3. The summed E-state index contributed by atoms with van der Waals surface area (Å²) >= 11 is 0. The molecule has 0 heterocycles. The van der Waals surface area contributed by atoms with Crippen LogP contribution in [0.15, 0.2) is 23.8 Å². The number of hydrogen-bond donors (Lipinski definition) is 2. The van der Waals surface area contributed by atoms with Gasteiger partial charge in [0.15, 0.2) is 0 Å². The highest BCUT2D eigenvalue weighted by molar-refractivity contribution is 6.25. The van der Waals surface area contributed by atoms with Crippen LogP contribution in [0.1, 0.15) is 6.42 Å². The molecule has 1 unspecified atom stereocenters. The summed E-state index contributed by atoms with van der Waals surface area (Å²) in [6.07, 6.45) is 5.20. The van der Waals surface area contributed by atoms with Crippen LogP contribution < -0.4 is 0 Å². The minimum atomic E-state index is -2.79. The van der Waals surface area contributed by atoms with Gasteiger partial charge in [0.2, 0.25) is 11.6 Å². The Hall–Kier alpha value is -1.26. The second kappa shape index (κ2) is 2.37. The van der Waals surface area contributed by atoms with Gasteiger partial charge in [-0.1, -0.05) is 18.2 Å². The molecule has 4 nitrogen and oxygen atoms in total. The highest BCUT2D eigenvalue weighted by Gasteiger charge is 2.55. The molecule has 0 amide bonds. The van der Waals surface area contributed by atoms with Crippen LogP contribution in [0, 0.1) is 5.92 Å². The van der Waals surface area contributed by atoms with Crippen LogP contribution >= 0.6 is 0 Å². The molecule has 1 fully saturated rings. The highest BCUT2D eigenvalue weighted by atomic mass is 16.5. The number of fused-ring (bicyclic) bond motifs is 1. The molecule has 2 aliphatic carbocycles. The van der Waals surface area contributed by atoms with Crippen LogP contribution in [0.5, 0.6) is 0 Å². The van der Waals surface area contributed by atoms with E-state index in [-0.39, 0.29) is 5.57 Å². The largest absolute Gasteiger partial charge is 0.353 e. The molecule has 13 heavy (non-hydrogen) atoms. The Labute approximate surface area is 74.2 Å². The average Bonchev–Trinajstić information content (AvgIpc) is 2.30. The maximum Gasteiger partial charge on any atom is 0.290 e. The van der Waals surface area contributed by atoms with Crippen LogP contribution in [-0.2, 0) is 9.59 Å². The van der Waals surface area contributed by atoms with E-state index in [4.69, 9.17) is 10.2 Å². The minimum Gasteiger partial charge on any atom is -0.353 e. The van der Waals surface area contributed by atoms with Gasteiger partial charge in [0, 0.05) is 5.57 Å². The molecule has 0 aromatic carbocycles. The molecule has 0 bridgehead atoms. The molecule has 1 atom stereocenters. The van der Waals surface area contributed by atoms with Gasteiger partial charge >= 0.3 is 0 Å². The molecular weight excluding hydrogens is 172 g/mol. The van der Waals surface area contributed by atoms with Gasteiger partial charge in [-0.3, -0.25) is 9.59 Å². The predicted octanol–water partition coefficient (Wildman–Crippen LogP) is -0.678. The van der Waals surface area contributed by atoms with Crippen molar-refractivity contribution in [3.8, 4) is 0 Å². The topological polar surface area (TPSA) is 74.6 Å². The molecule has 0 aromatic rings. The quantitative estimate of drug-likeness (QED) is 0.382. The summed E-state index contributed by atoms with van der Waals surface area (Å²) in [7, 11) is 0. The molecule has 4 heteroatoms. The number of ketones is 2. The summed E-state index contributed by atoms with van der Waals surface area (Å²) in [6, 6.07) is 0. The van der Waals surface area contributed by atoms with Crippen LogP contribution in [0.4, 0.5) is 0 Å². The molecule has 0 aliphatic heterocycles. The van der Waals surface area contributed by atoms with Crippen molar-refractivity contribution in [3.05, 3.63) is 23.8 Å². The second-order valence-corrected chi connectivity index (χ2v) is 3.20. The molecule has 1 saturated carbocycles. The Morgan fingerprint density at radius 3 is 2.69 bits per heavy atom. The Bertz CT molecular complexity index is 349. The molecule has 0 aromatic heterocycles. The molecule has 0 saturated heterocycles. The third kappa shape index (κ3) is 0.928. The SMILES string of the molecule is O=C1C2=CC=CCC2C(=O)C1(O)O. The summed E-state index contributed by atoms with van der Waals surface area (Å²) in [6.45, 7) is 0. The van der Waals surface area contributed by atoms with E-state index >= 15 is 0 Å². The van der Waals surface area contributed by atoms with Gasteiger partial charge in [-0.15, -0.1) is 0 Å². The van der Waals surface area contributed by atoms with Gasteiger partial charge in [0.25, 0.3) is 5.79 Å². The zero-order valence-corrected chi connectivity index (χ0v) is 6.73. The molecule has 2 rings (SSSR count). The maximum atomic E-state index is 11.3. The van der Waals surface area contributed by atoms with Crippen molar-refractivity contribution < 1.29 is 19.8 Å². The molecular formula is C9H8O4. The highest BCUT2D eigenvalue weighted by Crippen LogP contribution is 2.35. The van der Waals surface area contributed by atoms with Crippen LogP contribution in [-0.4, -0.2) is 27.6 Å². The fourth-order valence-corrected chi connectivity index (χ4v) is 1.67. The Balaban J connectivity index is 2.51. The Morgan fingerprint density at radius 2 is 2.08 bits per heavy atom. The average molecular weight is 180 g/mol. The van der Waals surface area contributed by atoms with Gasteiger partial charge in [0.05, 0.1) is 5.92 Å². The van der Waals surface area contributed by atoms with E-state index in [2.05, 4.69) is 0 Å². The number of hydrogen-bond acceptors (Lipinski definition) is 4. The van der Waals surface area contributed by atoms with Crippen molar-refractivity contribution >= 4 is 11.6 Å². The van der Waals surface area contributed by atoms with Crippen LogP contribution in [0.3, 0.4) is 0 Å². The van der Waals surface area contributed by atoms with Gasteiger partial charge in [-0.05, 0) is 6.42 Å². The van der Waals surface area contributed by atoms with E-state index in [9.17, 15) is 9.59 Å². The number of rotatable bonds is 0. The van der Waals surface area contributed by atoms with E-state index in [0.29, 0.717) is 6.42 Å². The Kier molecular flexibility index (Phi) is 1.52. The lowest BCUT2D eigenvalue weighted by molar-refractivity contribution is -0.182. The lowest BCUT2D eigenvalue weighted by Gasteiger charge is -2.10. The molecule has 0 spiro atoms. The van der Waals surface area contributed by atoms with Gasteiger partial charge in [-0.25, -0.2) is 0 Å². The van der Waals surface area contributed by atoms with Crippen molar-refractivity contribution in [3.63, 3.8) is 0 Å². The minimum absolute atomic E-state index is 0.206. The first-order chi connectivity index (χ1) is 6.05. The normalized spacial score (nSPS) is 30.3. The first kappa shape index (κ1) is 8.34. The van der Waals surface area contributed by atoms with E-state index in [1.54, 1.807) is 12.2 Å². The lowest BCUT2D eigenvalue weighted by atomic mass is 9.94. The molecule has 68 valence electrons. The van der Waals surface area contributed by atoms with Crippen molar-refractivity contribution in [2.45, 2.75) is 12.2 Å². The summed E-state index contributed by atoms with van der Waals surface area (Å²) < 4.78 is 0. The molecule has 2 N–H and O–H groups in total. The van der Waals surface area contributed by atoms with E-state index in [0.717, 1.165) is 0 Å². The zero-order valence-electron chi connectivity index (χ0n) is 6.73. The smallest absolute Gasteiger partial charge is 0.290 e. The van der Waals surface area contributed by atoms with Crippen molar-refractivity contribution in [2.24, 2.45) is 5.92 Å². The third-order valence-corrected chi connectivity index (χ3v) is 2.40. The first-order valence-corrected chi connectivity index (χ1v) is 3.95. The fraction of sp³-hybridized carbons (Fsp3) is 0.333. The van der Waals surface area contributed by atoms with Gasteiger partial charge in [-0.2, -0.15) is 0 Å². The number of carbonyl (C=O) groups excluding carboxylic acids is 2. The first-order valence-electron chi connectivity index (χ1n) is 3.95. The Morgan fingerprint density at radius 1 is 1.38 bits per heavy atom. The van der Waals surface area contributed by atoms with Crippen molar-refractivity contribution in [2.75, 3.05) is 0 Å². The van der Waals surface area contributed by atoms with Crippen LogP contribution in [0.2, 0.25) is 0 Å². The second-order valence-electron chi connectivity index (χ2n) is 3.20. The predicted molar refractivity (Wildman–Crippen MR) is 42.5 cm³/mol. The summed E-state index contributed by atoms with van der Waals surface area (Å²) in [5.41, 5.74) is 0.206. The van der Waals surface area contributed by atoms with E-state index in [1.807, 2.05) is 0 Å². The number of Topliss-reactive ketones (excluding diaryl/α,β-unsaturated/α-hetero) is 2. The molecule has 2 aliphatic rings. The zero-order chi connectivity index (χ0) is 9.64. The number of aliphatic hydroxyl groups is 2. The third-order valence-electron chi connectivity index (χ3n) is 2.40. The van der Waals surface area contributed by atoms with E-state index < -0.39 is 23.3 Å². The van der Waals surface area contributed by atoms with Gasteiger partial charge < -0.3 is 10.2 Å². The summed E-state index contributed by atoms with van der Waals surface area (Å²) in [4.78, 5) is 22.5. The lowest BCUT2D eigenvalue weighted by Crippen LogP contribution is -2.41. The summed E-state index contributed by atoms with van der Waals surface area (Å²) in [5.74, 6) is -5.14. The van der Waals surface area contributed by atoms with Crippen molar-refractivity contribution in [1.82, 2.24) is 0 Å². The van der Waals surface area contributed by atoms with Crippen LogP contribution in [0.25, 0.3) is 0 Å². The monoisotopic (exact) mass is 180 g/mol. The van der Waals surface area contributed by atoms with Gasteiger partial charge in [0.1, 0.15) is 0 Å². The maximum absolute atomic E-state index is 11.3. The van der Waals surface area contributed by atoms with E-state index in [1.165, 1.54) is 6.08 Å².